The Morgan fingerprint density at radius 3 is 2.43 bits per heavy atom. The molecule has 3 aliphatic rings. The van der Waals surface area contributed by atoms with E-state index in [2.05, 4.69) is 17.6 Å². The number of hydrogen-bond acceptors (Lipinski definition) is 3. The van der Waals surface area contributed by atoms with Gasteiger partial charge in [0.05, 0.1) is 5.92 Å². The second-order valence-electron chi connectivity index (χ2n) is 8.56. The Hall–Kier alpha value is -0.610. The molecule has 4 atom stereocenters. The summed E-state index contributed by atoms with van der Waals surface area (Å²) < 4.78 is 0. The number of aliphatic carboxylic acids is 1. The molecule has 0 amide bonds. The van der Waals surface area contributed by atoms with Crippen LogP contribution in [0, 0.1) is 17.8 Å². The minimum atomic E-state index is -0.644. The third-order valence-corrected chi connectivity index (χ3v) is 7.14. The number of nitrogens with one attached hydrogen (secondary N) is 2. The van der Waals surface area contributed by atoms with Gasteiger partial charge in [-0.2, -0.15) is 0 Å². The molecule has 4 nitrogen and oxygen atoms in total. The highest BCUT2D eigenvalue weighted by Gasteiger charge is 2.51. The molecule has 1 aliphatic heterocycles. The minimum Gasteiger partial charge on any atom is -0.481 e. The fourth-order valence-electron chi connectivity index (χ4n) is 5.65. The first-order chi connectivity index (χ1) is 11.0. The molecule has 2 spiro atoms. The fraction of sp³-hybridized carbons (Fsp3) is 0.947. The number of piperazine rings is 1. The van der Waals surface area contributed by atoms with Crippen LogP contribution in [0.4, 0.5) is 0 Å². The molecule has 4 unspecified atom stereocenters. The summed E-state index contributed by atoms with van der Waals surface area (Å²) in [6, 6.07) is 0. The van der Waals surface area contributed by atoms with Crippen LogP contribution in [0.1, 0.15) is 71.6 Å². The van der Waals surface area contributed by atoms with E-state index in [-0.39, 0.29) is 22.9 Å². The molecule has 1 heterocycles. The number of carboxylic acid groups (broad SMARTS) is 1. The zero-order chi connectivity index (χ0) is 16.5. The molecule has 3 N–H and O–H groups in total. The summed E-state index contributed by atoms with van der Waals surface area (Å²) >= 11 is 0. The van der Waals surface area contributed by atoms with E-state index in [1.807, 2.05) is 6.92 Å². The minimum absolute atomic E-state index is 0.108. The molecular formula is C19H34N2O2. The molecule has 0 aromatic rings. The molecule has 0 bridgehead atoms. The van der Waals surface area contributed by atoms with Gasteiger partial charge in [-0.1, -0.05) is 46.0 Å². The average molecular weight is 322 g/mol. The monoisotopic (exact) mass is 322 g/mol. The summed E-state index contributed by atoms with van der Waals surface area (Å²) in [7, 11) is 0. The highest BCUT2D eigenvalue weighted by atomic mass is 16.4. The topological polar surface area (TPSA) is 61.4 Å². The predicted molar refractivity (Wildman–Crippen MR) is 92.5 cm³/mol. The summed E-state index contributed by atoms with van der Waals surface area (Å²) in [6.45, 7) is 6.16. The SMILES string of the molecule is CC(C(=O)O)C(C)C1CCCCC12CNCC1(CCCCC1)N2. The Kier molecular flexibility index (Phi) is 5.03. The van der Waals surface area contributed by atoms with Crippen LogP contribution >= 0.6 is 0 Å². The first-order valence-corrected chi connectivity index (χ1v) is 9.71. The molecule has 2 aliphatic carbocycles. The molecule has 0 radical (unpaired) electrons. The molecule has 2 saturated carbocycles. The van der Waals surface area contributed by atoms with Crippen molar-refractivity contribution >= 4 is 5.97 Å². The summed E-state index contributed by atoms with van der Waals surface area (Å²) in [5.74, 6) is -0.217. The van der Waals surface area contributed by atoms with E-state index in [0.29, 0.717) is 5.92 Å². The lowest BCUT2D eigenvalue weighted by atomic mass is 9.62. The number of hydrogen-bond donors (Lipinski definition) is 3. The van der Waals surface area contributed by atoms with Crippen LogP contribution in [-0.4, -0.2) is 35.2 Å². The van der Waals surface area contributed by atoms with Crippen molar-refractivity contribution in [2.24, 2.45) is 17.8 Å². The first kappa shape index (κ1) is 17.2. The highest BCUT2D eigenvalue weighted by molar-refractivity contribution is 5.69. The van der Waals surface area contributed by atoms with Crippen molar-refractivity contribution in [2.75, 3.05) is 13.1 Å². The lowest BCUT2D eigenvalue weighted by Gasteiger charge is -2.57. The van der Waals surface area contributed by atoms with Gasteiger partial charge in [0, 0.05) is 24.2 Å². The van der Waals surface area contributed by atoms with Gasteiger partial charge in [0.25, 0.3) is 0 Å². The number of carbonyl (C=O) groups is 1. The van der Waals surface area contributed by atoms with Gasteiger partial charge in [-0.05, 0) is 37.5 Å². The van der Waals surface area contributed by atoms with E-state index in [0.717, 1.165) is 13.1 Å². The van der Waals surface area contributed by atoms with Gasteiger partial charge in [0.1, 0.15) is 0 Å². The standard InChI is InChI=1S/C19H34N2O2/c1-14(15(2)17(22)23)16-8-4-7-11-19(16)13-20-12-18(21-19)9-5-3-6-10-18/h14-16,20-21H,3-13H2,1-2H3,(H,22,23). The Balaban J connectivity index is 1.82. The molecule has 0 aromatic heterocycles. The van der Waals surface area contributed by atoms with E-state index < -0.39 is 5.97 Å². The molecule has 0 aromatic carbocycles. The lowest BCUT2D eigenvalue weighted by Crippen LogP contribution is -2.74. The third kappa shape index (κ3) is 3.30. The fourth-order valence-corrected chi connectivity index (χ4v) is 5.65. The van der Waals surface area contributed by atoms with Gasteiger partial charge in [0.15, 0.2) is 0 Å². The summed E-state index contributed by atoms with van der Waals surface area (Å²) in [5, 5.41) is 17.4. The Morgan fingerprint density at radius 2 is 1.74 bits per heavy atom. The number of rotatable bonds is 3. The van der Waals surface area contributed by atoms with Crippen molar-refractivity contribution < 1.29 is 9.90 Å². The van der Waals surface area contributed by atoms with E-state index in [9.17, 15) is 9.90 Å². The van der Waals surface area contributed by atoms with Crippen molar-refractivity contribution in [3.8, 4) is 0 Å². The van der Waals surface area contributed by atoms with Gasteiger partial charge < -0.3 is 15.7 Å². The average Bonchev–Trinajstić information content (AvgIpc) is 2.54. The quantitative estimate of drug-likeness (QED) is 0.747. The zero-order valence-corrected chi connectivity index (χ0v) is 14.9. The van der Waals surface area contributed by atoms with Gasteiger partial charge in [0.2, 0.25) is 0 Å². The van der Waals surface area contributed by atoms with Crippen LogP contribution < -0.4 is 10.6 Å². The van der Waals surface area contributed by atoms with Crippen LogP contribution in [0.2, 0.25) is 0 Å². The van der Waals surface area contributed by atoms with Crippen LogP contribution in [0.5, 0.6) is 0 Å². The van der Waals surface area contributed by atoms with E-state index in [4.69, 9.17) is 0 Å². The molecular weight excluding hydrogens is 288 g/mol. The van der Waals surface area contributed by atoms with Crippen LogP contribution in [-0.2, 0) is 4.79 Å². The largest absolute Gasteiger partial charge is 0.481 e. The van der Waals surface area contributed by atoms with Crippen LogP contribution in [0.3, 0.4) is 0 Å². The molecule has 3 rings (SSSR count). The maximum Gasteiger partial charge on any atom is 0.306 e. The van der Waals surface area contributed by atoms with Crippen molar-refractivity contribution in [3.05, 3.63) is 0 Å². The molecule has 1 saturated heterocycles. The van der Waals surface area contributed by atoms with Crippen molar-refractivity contribution in [1.82, 2.24) is 10.6 Å². The Morgan fingerprint density at radius 1 is 1.04 bits per heavy atom. The van der Waals surface area contributed by atoms with Gasteiger partial charge in [-0.15, -0.1) is 0 Å². The predicted octanol–water partition coefficient (Wildman–Crippen LogP) is 3.17. The van der Waals surface area contributed by atoms with Gasteiger partial charge in [-0.25, -0.2) is 0 Å². The van der Waals surface area contributed by atoms with Crippen LogP contribution in [0.25, 0.3) is 0 Å². The maximum absolute atomic E-state index is 11.5. The summed E-state index contributed by atoms with van der Waals surface area (Å²) in [4.78, 5) is 11.5. The zero-order valence-electron chi connectivity index (χ0n) is 14.9. The van der Waals surface area contributed by atoms with Crippen LogP contribution in [0.15, 0.2) is 0 Å². The smallest absolute Gasteiger partial charge is 0.306 e. The summed E-state index contributed by atoms with van der Waals surface area (Å²) in [6.07, 6.45) is 11.5. The normalized spacial score (nSPS) is 36.7. The maximum atomic E-state index is 11.5. The van der Waals surface area contributed by atoms with E-state index >= 15 is 0 Å². The van der Waals surface area contributed by atoms with Crippen molar-refractivity contribution in [3.63, 3.8) is 0 Å². The van der Waals surface area contributed by atoms with E-state index in [1.165, 1.54) is 57.8 Å². The summed E-state index contributed by atoms with van der Waals surface area (Å²) in [5.41, 5.74) is 0.370. The Labute approximate surface area is 140 Å². The first-order valence-electron chi connectivity index (χ1n) is 9.71. The molecule has 132 valence electrons. The second-order valence-corrected chi connectivity index (χ2v) is 8.56. The lowest BCUT2D eigenvalue weighted by molar-refractivity contribution is -0.144. The van der Waals surface area contributed by atoms with Crippen molar-refractivity contribution in [1.29, 1.82) is 0 Å². The van der Waals surface area contributed by atoms with Gasteiger partial charge in [-0.3, -0.25) is 4.79 Å². The third-order valence-electron chi connectivity index (χ3n) is 7.14. The second kappa shape index (κ2) is 6.72. The number of carboxylic acids is 1. The van der Waals surface area contributed by atoms with E-state index in [1.54, 1.807) is 0 Å². The molecule has 23 heavy (non-hydrogen) atoms. The Bertz CT molecular complexity index is 424. The van der Waals surface area contributed by atoms with Crippen molar-refractivity contribution in [2.45, 2.75) is 82.7 Å². The van der Waals surface area contributed by atoms with Gasteiger partial charge >= 0.3 is 5.97 Å². The molecule has 3 fully saturated rings. The molecule has 4 heteroatoms. The highest BCUT2D eigenvalue weighted by Crippen LogP contribution is 2.45.